The van der Waals surface area contributed by atoms with E-state index in [0.29, 0.717) is 22.2 Å². The number of carbonyl (C=O) groups excluding carboxylic acids is 1. The minimum absolute atomic E-state index is 0.246. The second-order valence-electron chi connectivity index (χ2n) is 6.76. The van der Waals surface area contributed by atoms with Crippen LogP contribution >= 0.6 is 0 Å². The molecule has 19 heavy (non-hydrogen) atoms. The van der Waals surface area contributed by atoms with Gasteiger partial charge in [-0.1, -0.05) is 32.1 Å². The fourth-order valence-corrected chi connectivity index (χ4v) is 6.55. The van der Waals surface area contributed by atoms with Crippen molar-refractivity contribution in [3.05, 3.63) is 0 Å². The zero-order chi connectivity index (χ0) is 13.2. The van der Waals surface area contributed by atoms with Gasteiger partial charge in [0.25, 0.3) is 0 Å². The standard InChI is InChI=1S/C16H26O2S/c17-16(12-6-3-1-2-4-7-12)13-10-14-8-5-9-15(11-13)19(14)18/h12-15H,1-11H2. The van der Waals surface area contributed by atoms with Gasteiger partial charge in [-0.3, -0.25) is 9.00 Å². The molecule has 2 nitrogen and oxygen atoms in total. The Morgan fingerprint density at radius 2 is 1.32 bits per heavy atom. The van der Waals surface area contributed by atoms with Gasteiger partial charge >= 0.3 is 0 Å². The zero-order valence-corrected chi connectivity index (χ0v) is 12.6. The van der Waals surface area contributed by atoms with Crippen LogP contribution < -0.4 is 0 Å². The predicted molar refractivity (Wildman–Crippen MR) is 78.5 cm³/mol. The average molecular weight is 282 g/mol. The van der Waals surface area contributed by atoms with Crippen molar-refractivity contribution >= 4 is 16.6 Å². The molecule has 2 saturated heterocycles. The molecule has 3 rings (SSSR count). The lowest BCUT2D eigenvalue weighted by atomic mass is 9.80. The van der Waals surface area contributed by atoms with Crippen LogP contribution in [0.25, 0.3) is 0 Å². The van der Waals surface area contributed by atoms with Gasteiger partial charge in [-0.05, 0) is 38.5 Å². The molecule has 2 atom stereocenters. The topological polar surface area (TPSA) is 34.1 Å². The number of carbonyl (C=O) groups is 1. The van der Waals surface area contributed by atoms with Gasteiger partial charge in [0, 0.05) is 33.1 Å². The van der Waals surface area contributed by atoms with Crippen LogP contribution in [0.1, 0.15) is 70.6 Å². The normalized spacial score (nSPS) is 40.6. The first-order valence-corrected chi connectivity index (χ1v) is 9.46. The summed E-state index contributed by atoms with van der Waals surface area (Å²) in [6.45, 7) is 0. The lowest BCUT2D eigenvalue weighted by Gasteiger charge is -2.38. The average Bonchev–Trinajstić information content (AvgIpc) is 2.66. The Morgan fingerprint density at radius 3 is 1.89 bits per heavy atom. The molecule has 108 valence electrons. The van der Waals surface area contributed by atoms with Crippen molar-refractivity contribution in [2.45, 2.75) is 81.1 Å². The molecule has 0 aromatic carbocycles. The molecule has 0 aromatic heterocycles. The van der Waals surface area contributed by atoms with E-state index in [2.05, 4.69) is 0 Å². The van der Waals surface area contributed by atoms with Crippen molar-refractivity contribution in [2.24, 2.45) is 11.8 Å². The second kappa shape index (κ2) is 6.07. The minimum atomic E-state index is -0.634. The van der Waals surface area contributed by atoms with Crippen LogP contribution in [-0.4, -0.2) is 20.5 Å². The number of rotatable bonds is 2. The Hall–Kier alpha value is -0.180. The number of fused-ring (bicyclic) bond motifs is 2. The van der Waals surface area contributed by atoms with Crippen LogP contribution in [0.2, 0.25) is 0 Å². The SMILES string of the molecule is O=C(C1CCCCCC1)C1CC2CCCC(C1)S2=O. The van der Waals surface area contributed by atoms with Gasteiger partial charge in [0.15, 0.2) is 0 Å². The van der Waals surface area contributed by atoms with Gasteiger partial charge in [-0.2, -0.15) is 0 Å². The van der Waals surface area contributed by atoms with Crippen LogP contribution in [0, 0.1) is 11.8 Å². The molecule has 2 bridgehead atoms. The van der Waals surface area contributed by atoms with Crippen LogP contribution in [0.15, 0.2) is 0 Å². The highest BCUT2D eigenvalue weighted by atomic mass is 32.2. The van der Waals surface area contributed by atoms with E-state index in [-0.39, 0.29) is 5.92 Å². The third-order valence-corrected chi connectivity index (χ3v) is 7.63. The maximum Gasteiger partial charge on any atom is 0.139 e. The summed E-state index contributed by atoms with van der Waals surface area (Å²) < 4.78 is 12.2. The smallest absolute Gasteiger partial charge is 0.139 e. The summed E-state index contributed by atoms with van der Waals surface area (Å²) in [7, 11) is -0.634. The molecule has 3 aliphatic rings. The first-order valence-electron chi connectivity index (χ1n) is 8.19. The fraction of sp³-hybridized carbons (Fsp3) is 0.938. The van der Waals surface area contributed by atoms with Gasteiger partial charge in [0.05, 0.1) is 0 Å². The molecular formula is C16H26O2S. The lowest BCUT2D eigenvalue weighted by molar-refractivity contribution is -0.127. The van der Waals surface area contributed by atoms with E-state index in [4.69, 9.17) is 0 Å². The Labute approximate surface area is 119 Å². The predicted octanol–water partition coefficient (Wildman–Crippen LogP) is 3.61. The summed E-state index contributed by atoms with van der Waals surface area (Å²) in [6.07, 6.45) is 12.6. The summed E-state index contributed by atoms with van der Waals surface area (Å²) in [4.78, 5) is 12.7. The van der Waals surface area contributed by atoms with Crippen molar-refractivity contribution in [2.75, 3.05) is 0 Å². The molecule has 1 saturated carbocycles. The van der Waals surface area contributed by atoms with Crippen molar-refractivity contribution in [1.82, 2.24) is 0 Å². The van der Waals surface area contributed by atoms with Crippen molar-refractivity contribution in [1.29, 1.82) is 0 Å². The molecule has 1 aliphatic carbocycles. The molecule has 0 spiro atoms. The molecular weight excluding hydrogens is 256 g/mol. The highest BCUT2D eigenvalue weighted by Crippen LogP contribution is 2.39. The molecule has 2 heterocycles. The van der Waals surface area contributed by atoms with E-state index in [1.165, 1.54) is 32.1 Å². The third-order valence-electron chi connectivity index (χ3n) is 5.46. The minimum Gasteiger partial charge on any atom is -0.299 e. The van der Waals surface area contributed by atoms with Crippen LogP contribution in [0.3, 0.4) is 0 Å². The molecule has 0 N–H and O–H groups in total. The molecule has 0 amide bonds. The van der Waals surface area contributed by atoms with E-state index < -0.39 is 10.8 Å². The summed E-state index contributed by atoms with van der Waals surface area (Å²) >= 11 is 0. The molecule has 0 aromatic rings. The van der Waals surface area contributed by atoms with Gasteiger partial charge in [-0.25, -0.2) is 0 Å². The van der Waals surface area contributed by atoms with Gasteiger partial charge in [-0.15, -0.1) is 0 Å². The Balaban J connectivity index is 1.65. The molecule has 3 fully saturated rings. The molecule has 3 heteroatoms. The van der Waals surface area contributed by atoms with E-state index in [0.717, 1.165) is 38.5 Å². The maximum atomic E-state index is 12.7. The Bertz CT molecular complexity index is 342. The van der Waals surface area contributed by atoms with Gasteiger partial charge in [0.2, 0.25) is 0 Å². The number of hydrogen-bond acceptors (Lipinski definition) is 2. The summed E-state index contributed by atoms with van der Waals surface area (Å²) in [5, 5.41) is 0.680. The number of Topliss-reactive ketones (excluding diaryl/α,β-unsaturated/α-hetero) is 1. The molecule has 2 aliphatic heterocycles. The zero-order valence-electron chi connectivity index (χ0n) is 11.8. The summed E-state index contributed by atoms with van der Waals surface area (Å²) in [5.41, 5.74) is 0. The Morgan fingerprint density at radius 1 is 0.737 bits per heavy atom. The fourth-order valence-electron chi connectivity index (χ4n) is 4.36. The van der Waals surface area contributed by atoms with Gasteiger partial charge in [0.1, 0.15) is 5.78 Å². The van der Waals surface area contributed by atoms with Crippen molar-refractivity contribution < 1.29 is 9.00 Å². The van der Waals surface area contributed by atoms with Crippen molar-refractivity contribution in [3.63, 3.8) is 0 Å². The van der Waals surface area contributed by atoms with Crippen LogP contribution in [0.5, 0.6) is 0 Å². The first kappa shape index (κ1) is 13.8. The first-order chi connectivity index (χ1) is 9.25. The summed E-state index contributed by atoms with van der Waals surface area (Å²) in [6, 6.07) is 0. The molecule has 2 unspecified atom stereocenters. The number of ketones is 1. The van der Waals surface area contributed by atoms with Crippen molar-refractivity contribution in [3.8, 4) is 0 Å². The maximum absolute atomic E-state index is 12.7. The van der Waals surface area contributed by atoms with E-state index >= 15 is 0 Å². The monoisotopic (exact) mass is 282 g/mol. The third kappa shape index (κ3) is 2.96. The molecule has 0 radical (unpaired) electrons. The number of hydrogen-bond donors (Lipinski definition) is 0. The highest BCUT2D eigenvalue weighted by Gasteiger charge is 2.41. The van der Waals surface area contributed by atoms with E-state index in [1.807, 2.05) is 0 Å². The van der Waals surface area contributed by atoms with Gasteiger partial charge < -0.3 is 0 Å². The highest BCUT2D eigenvalue weighted by molar-refractivity contribution is 7.86. The lowest BCUT2D eigenvalue weighted by Crippen LogP contribution is -2.42. The quantitative estimate of drug-likeness (QED) is 0.725. The van der Waals surface area contributed by atoms with Crippen LogP contribution in [0.4, 0.5) is 0 Å². The van der Waals surface area contributed by atoms with E-state index in [1.54, 1.807) is 0 Å². The second-order valence-corrected chi connectivity index (χ2v) is 8.75. The Kier molecular flexibility index (Phi) is 4.40. The largest absolute Gasteiger partial charge is 0.299 e. The van der Waals surface area contributed by atoms with E-state index in [9.17, 15) is 9.00 Å². The van der Waals surface area contributed by atoms with Crippen LogP contribution in [-0.2, 0) is 15.6 Å². The summed E-state index contributed by atoms with van der Waals surface area (Å²) in [5.74, 6) is 1.12.